The number of carbonyl (C=O) groups is 1. The monoisotopic (exact) mass is 461 g/mol. The van der Waals surface area contributed by atoms with Gasteiger partial charge in [0.25, 0.3) is 5.91 Å². The third kappa shape index (κ3) is 4.60. The van der Waals surface area contributed by atoms with Crippen molar-refractivity contribution in [1.29, 1.82) is 0 Å². The molecule has 4 nitrogen and oxygen atoms in total. The molecule has 5 aromatic rings. The topological polar surface area (TPSA) is 46.4 Å². The van der Waals surface area contributed by atoms with Crippen LogP contribution in [-0.4, -0.2) is 16.7 Å². The van der Waals surface area contributed by atoms with Crippen LogP contribution in [-0.2, 0) is 0 Å². The van der Waals surface area contributed by atoms with E-state index in [0.29, 0.717) is 5.56 Å². The van der Waals surface area contributed by atoms with Crippen LogP contribution in [0.4, 0.5) is 0 Å². The largest absolute Gasteiger partial charge is 0.309 e. The molecule has 0 atom stereocenters. The van der Waals surface area contributed by atoms with E-state index in [1.165, 1.54) is 4.88 Å². The number of aryl methyl sites for hydroxylation is 1. The van der Waals surface area contributed by atoms with Gasteiger partial charge in [0.15, 0.2) is 0 Å². The second kappa shape index (κ2) is 9.73. The van der Waals surface area contributed by atoms with E-state index in [4.69, 9.17) is 0 Å². The van der Waals surface area contributed by atoms with Gasteiger partial charge in [-0.1, -0.05) is 60.7 Å². The van der Waals surface area contributed by atoms with Gasteiger partial charge in [-0.05, 0) is 66.6 Å². The number of amides is 1. The first-order valence-corrected chi connectivity index (χ1v) is 11.8. The minimum Gasteiger partial charge on any atom is -0.309 e. The molecule has 1 amide bonds. The number of hydrazone groups is 1. The lowest BCUT2D eigenvalue weighted by molar-refractivity contribution is 0.0955. The first-order chi connectivity index (χ1) is 16.7. The van der Waals surface area contributed by atoms with Gasteiger partial charge in [-0.3, -0.25) is 4.79 Å². The summed E-state index contributed by atoms with van der Waals surface area (Å²) in [4.78, 5) is 14.8. The third-order valence-electron chi connectivity index (χ3n) is 5.53. The van der Waals surface area contributed by atoms with E-state index in [2.05, 4.69) is 51.5 Å². The van der Waals surface area contributed by atoms with E-state index in [9.17, 15) is 4.79 Å². The van der Waals surface area contributed by atoms with E-state index >= 15 is 0 Å². The highest BCUT2D eigenvalue weighted by atomic mass is 32.1. The van der Waals surface area contributed by atoms with Gasteiger partial charge in [-0.2, -0.15) is 5.10 Å². The van der Waals surface area contributed by atoms with Gasteiger partial charge in [0.2, 0.25) is 0 Å². The second-order valence-corrected chi connectivity index (χ2v) is 9.19. The fourth-order valence-electron chi connectivity index (χ4n) is 3.89. The molecule has 0 spiro atoms. The summed E-state index contributed by atoms with van der Waals surface area (Å²) in [6, 6.07) is 36.5. The molecule has 0 saturated carbocycles. The number of aromatic nitrogens is 1. The molecule has 0 aliphatic heterocycles. The molecule has 2 aromatic heterocycles. The normalized spacial score (nSPS) is 11.1. The molecule has 166 valence electrons. The molecule has 0 aliphatic rings. The first kappa shape index (κ1) is 21.6. The minimum atomic E-state index is -0.241. The summed E-state index contributed by atoms with van der Waals surface area (Å²) >= 11 is 1.63. The molecule has 0 fully saturated rings. The van der Waals surface area contributed by atoms with E-state index in [1.54, 1.807) is 17.6 Å². The summed E-state index contributed by atoms with van der Waals surface area (Å²) in [5.74, 6) is -0.241. The number of benzene rings is 3. The Morgan fingerprint density at radius 1 is 0.765 bits per heavy atom. The van der Waals surface area contributed by atoms with Crippen molar-refractivity contribution < 1.29 is 4.79 Å². The average Bonchev–Trinajstić information content (AvgIpc) is 3.51. The van der Waals surface area contributed by atoms with E-state index in [0.717, 1.165) is 33.1 Å². The van der Waals surface area contributed by atoms with Gasteiger partial charge in [0, 0.05) is 21.0 Å². The summed E-state index contributed by atoms with van der Waals surface area (Å²) in [6.07, 6.45) is 1.67. The van der Waals surface area contributed by atoms with Crippen LogP contribution < -0.4 is 5.43 Å². The van der Waals surface area contributed by atoms with Gasteiger partial charge in [0.05, 0.1) is 17.6 Å². The number of nitrogens with one attached hydrogen (secondary N) is 1. The van der Waals surface area contributed by atoms with Crippen LogP contribution in [0, 0.1) is 6.92 Å². The lowest BCUT2D eigenvalue weighted by atomic mass is 10.1. The quantitative estimate of drug-likeness (QED) is 0.216. The van der Waals surface area contributed by atoms with Gasteiger partial charge >= 0.3 is 0 Å². The number of nitrogens with zero attached hydrogens (tertiary/aromatic N) is 2. The SMILES string of the molecule is Cc1ccc(C=NNC(=O)c2ccc(-n3c(-c4ccccc4)ccc3-c3ccccc3)cc2)s1. The molecule has 0 radical (unpaired) electrons. The molecular weight excluding hydrogens is 438 g/mol. The molecule has 3 aromatic carbocycles. The summed E-state index contributed by atoms with van der Waals surface area (Å²) in [5, 5.41) is 4.09. The Morgan fingerprint density at radius 3 is 1.88 bits per heavy atom. The summed E-state index contributed by atoms with van der Waals surface area (Å²) in [7, 11) is 0. The Labute approximate surface area is 202 Å². The molecular formula is C29H23N3OS. The zero-order chi connectivity index (χ0) is 23.3. The first-order valence-electron chi connectivity index (χ1n) is 11.0. The highest BCUT2D eigenvalue weighted by molar-refractivity contribution is 7.13. The predicted octanol–water partition coefficient (Wildman–Crippen LogP) is 6.95. The molecule has 2 heterocycles. The lowest BCUT2D eigenvalue weighted by Gasteiger charge is -2.15. The molecule has 34 heavy (non-hydrogen) atoms. The van der Waals surface area contributed by atoms with Crippen molar-refractivity contribution in [2.24, 2.45) is 5.10 Å². The fourth-order valence-corrected chi connectivity index (χ4v) is 4.64. The second-order valence-electron chi connectivity index (χ2n) is 7.87. The Morgan fingerprint density at radius 2 is 1.35 bits per heavy atom. The zero-order valence-corrected chi connectivity index (χ0v) is 19.5. The molecule has 0 unspecified atom stereocenters. The van der Waals surface area contributed by atoms with Gasteiger partial charge in [0.1, 0.15) is 0 Å². The molecule has 5 heteroatoms. The van der Waals surface area contributed by atoms with E-state index < -0.39 is 0 Å². The highest BCUT2D eigenvalue weighted by Gasteiger charge is 2.14. The van der Waals surface area contributed by atoms with Crippen LogP contribution in [0.3, 0.4) is 0 Å². The zero-order valence-electron chi connectivity index (χ0n) is 18.7. The number of carbonyl (C=O) groups excluding carboxylic acids is 1. The highest BCUT2D eigenvalue weighted by Crippen LogP contribution is 2.32. The Hall–Kier alpha value is -4.22. The van der Waals surface area contributed by atoms with Crippen LogP contribution in [0.15, 0.2) is 114 Å². The van der Waals surface area contributed by atoms with Crippen LogP contribution in [0.1, 0.15) is 20.1 Å². The van der Waals surface area contributed by atoms with Crippen LogP contribution in [0.5, 0.6) is 0 Å². The number of hydrogen-bond acceptors (Lipinski definition) is 3. The van der Waals surface area contributed by atoms with Crippen molar-refractivity contribution in [2.75, 3.05) is 0 Å². The third-order valence-corrected chi connectivity index (χ3v) is 6.46. The van der Waals surface area contributed by atoms with Gasteiger partial charge in [-0.25, -0.2) is 5.43 Å². The maximum absolute atomic E-state index is 12.6. The Bertz CT molecular complexity index is 1380. The van der Waals surface area contributed by atoms with Gasteiger partial charge < -0.3 is 4.57 Å². The smallest absolute Gasteiger partial charge is 0.271 e. The van der Waals surface area contributed by atoms with E-state index in [-0.39, 0.29) is 5.91 Å². The summed E-state index contributed by atoms with van der Waals surface area (Å²) in [6.45, 7) is 2.04. The van der Waals surface area contributed by atoms with Crippen molar-refractivity contribution >= 4 is 23.5 Å². The van der Waals surface area contributed by atoms with Crippen LogP contribution >= 0.6 is 11.3 Å². The van der Waals surface area contributed by atoms with E-state index in [1.807, 2.05) is 79.7 Å². The lowest BCUT2D eigenvalue weighted by Crippen LogP contribution is -2.17. The maximum Gasteiger partial charge on any atom is 0.271 e. The number of rotatable bonds is 6. The summed E-state index contributed by atoms with van der Waals surface area (Å²) in [5.41, 5.74) is 8.59. The average molecular weight is 462 g/mol. The number of hydrogen-bond donors (Lipinski definition) is 1. The minimum absolute atomic E-state index is 0.241. The molecule has 0 saturated heterocycles. The predicted molar refractivity (Wildman–Crippen MR) is 141 cm³/mol. The van der Waals surface area contributed by atoms with Gasteiger partial charge in [-0.15, -0.1) is 11.3 Å². The molecule has 1 N–H and O–H groups in total. The number of thiophene rings is 1. The van der Waals surface area contributed by atoms with Crippen LogP contribution in [0.2, 0.25) is 0 Å². The van der Waals surface area contributed by atoms with Crippen molar-refractivity contribution in [2.45, 2.75) is 6.92 Å². The van der Waals surface area contributed by atoms with Crippen molar-refractivity contribution in [3.8, 4) is 28.2 Å². The Kier molecular flexibility index (Phi) is 6.19. The standard InChI is InChI=1S/C29H23N3OS/c1-21-12-17-26(34-21)20-30-31-29(33)24-13-15-25(16-14-24)32-27(22-8-4-2-5-9-22)18-19-28(32)23-10-6-3-7-11-23/h2-20H,1H3,(H,31,33). The summed E-state index contributed by atoms with van der Waals surface area (Å²) < 4.78 is 2.23. The Balaban J connectivity index is 1.45. The fraction of sp³-hybridized carbons (Fsp3) is 0.0345. The van der Waals surface area contributed by atoms with Crippen LogP contribution in [0.25, 0.3) is 28.2 Å². The van der Waals surface area contributed by atoms with Crippen molar-refractivity contribution in [3.05, 3.63) is 125 Å². The molecule has 0 aliphatic carbocycles. The van der Waals surface area contributed by atoms with Crippen molar-refractivity contribution in [3.63, 3.8) is 0 Å². The van der Waals surface area contributed by atoms with Crippen molar-refractivity contribution in [1.82, 2.24) is 9.99 Å². The molecule has 5 rings (SSSR count). The maximum atomic E-state index is 12.6. The molecule has 0 bridgehead atoms.